The van der Waals surface area contributed by atoms with E-state index in [-0.39, 0.29) is 0 Å². The first-order valence-electron chi connectivity index (χ1n) is 5.65. The van der Waals surface area contributed by atoms with E-state index in [1.54, 1.807) is 0 Å². The maximum absolute atomic E-state index is 5.04. The number of halogens is 1. The van der Waals surface area contributed by atoms with Gasteiger partial charge in [0.1, 0.15) is 5.52 Å². The van der Waals surface area contributed by atoms with Crippen molar-refractivity contribution < 1.29 is 0 Å². The smallest absolute Gasteiger partial charge is 0.215 e. The van der Waals surface area contributed by atoms with Crippen LogP contribution in [0.5, 0.6) is 0 Å². The number of benzene rings is 1. The second-order valence-corrected chi connectivity index (χ2v) is 5.49. The van der Waals surface area contributed by atoms with E-state index in [0.717, 1.165) is 27.4 Å². The zero-order valence-electron chi connectivity index (χ0n) is 9.99. The molecule has 2 aromatic heterocycles. The number of nitrogens with zero attached hydrogens (tertiary/aromatic N) is 3. The first-order chi connectivity index (χ1) is 8.61. The second kappa shape index (κ2) is 4.13. The standard InChI is InChI=1S/C12H11BrN4S/c1-3-6-4-7(13)5-8-9-11(17(2)10(6)8)14-12(18)16-15-9/h4-5H,3H2,1-2H3,(H,14,16,18). The highest BCUT2D eigenvalue weighted by Crippen LogP contribution is 2.31. The van der Waals surface area contributed by atoms with E-state index in [9.17, 15) is 0 Å². The highest BCUT2D eigenvalue weighted by Gasteiger charge is 2.14. The molecule has 0 amide bonds. The number of aromatic amines is 1. The quantitative estimate of drug-likeness (QED) is 0.697. The van der Waals surface area contributed by atoms with Crippen LogP contribution in [-0.4, -0.2) is 19.7 Å². The summed E-state index contributed by atoms with van der Waals surface area (Å²) in [6.45, 7) is 2.14. The Morgan fingerprint density at radius 1 is 1.44 bits per heavy atom. The fourth-order valence-electron chi connectivity index (χ4n) is 2.35. The minimum Gasteiger partial charge on any atom is -0.327 e. The number of aryl methyl sites for hydroxylation is 2. The number of hydrogen-bond acceptors (Lipinski definition) is 3. The second-order valence-electron chi connectivity index (χ2n) is 4.19. The molecule has 0 atom stereocenters. The SMILES string of the molecule is CCc1cc(Br)cc2c3n[nH]c(=S)nc3n(C)c12. The maximum Gasteiger partial charge on any atom is 0.215 e. The lowest BCUT2D eigenvalue weighted by molar-refractivity contribution is 0.935. The topological polar surface area (TPSA) is 46.5 Å². The third-order valence-corrected chi connectivity index (χ3v) is 3.77. The minimum absolute atomic E-state index is 0.408. The predicted molar refractivity (Wildman–Crippen MR) is 78.3 cm³/mol. The van der Waals surface area contributed by atoms with Gasteiger partial charge in [0.25, 0.3) is 0 Å². The predicted octanol–water partition coefficient (Wildman–Crippen LogP) is 3.50. The van der Waals surface area contributed by atoms with E-state index in [4.69, 9.17) is 12.2 Å². The Labute approximate surface area is 117 Å². The van der Waals surface area contributed by atoms with Gasteiger partial charge in [-0.25, -0.2) is 0 Å². The maximum atomic E-state index is 5.04. The van der Waals surface area contributed by atoms with Gasteiger partial charge in [-0.05, 0) is 36.3 Å². The number of fused-ring (bicyclic) bond motifs is 3. The number of aromatic nitrogens is 4. The molecule has 2 heterocycles. The number of hydrogen-bond donors (Lipinski definition) is 1. The fraction of sp³-hybridized carbons (Fsp3) is 0.250. The van der Waals surface area contributed by atoms with E-state index >= 15 is 0 Å². The van der Waals surface area contributed by atoms with Crippen molar-refractivity contribution in [3.63, 3.8) is 0 Å². The molecule has 1 N–H and O–H groups in total. The van der Waals surface area contributed by atoms with Crippen molar-refractivity contribution in [2.75, 3.05) is 0 Å². The molecule has 0 spiro atoms. The van der Waals surface area contributed by atoms with Crippen LogP contribution in [0, 0.1) is 4.77 Å². The molecule has 3 aromatic rings. The van der Waals surface area contributed by atoms with Crippen LogP contribution in [0.15, 0.2) is 16.6 Å². The normalized spacial score (nSPS) is 11.5. The first kappa shape index (κ1) is 11.8. The molecule has 0 saturated carbocycles. The van der Waals surface area contributed by atoms with Crippen LogP contribution in [0.1, 0.15) is 12.5 Å². The lowest BCUT2D eigenvalue weighted by Crippen LogP contribution is -1.94. The van der Waals surface area contributed by atoms with Gasteiger partial charge in [0, 0.05) is 16.9 Å². The molecule has 18 heavy (non-hydrogen) atoms. The van der Waals surface area contributed by atoms with Gasteiger partial charge in [-0.3, -0.25) is 5.10 Å². The van der Waals surface area contributed by atoms with Crippen molar-refractivity contribution in [3.8, 4) is 0 Å². The summed E-state index contributed by atoms with van der Waals surface area (Å²) in [4.78, 5) is 4.36. The molecule has 92 valence electrons. The van der Waals surface area contributed by atoms with Gasteiger partial charge in [-0.2, -0.15) is 10.1 Å². The van der Waals surface area contributed by atoms with E-state index in [1.807, 2.05) is 7.05 Å². The molecule has 0 unspecified atom stereocenters. The van der Waals surface area contributed by atoms with E-state index < -0.39 is 0 Å². The van der Waals surface area contributed by atoms with Crippen molar-refractivity contribution in [3.05, 3.63) is 26.9 Å². The molecular formula is C12H11BrN4S. The summed E-state index contributed by atoms with van der Waals surface area (Å²) < 4.78 is 3.53. The largest absolute Gasteiger partial charge is 0.327 e. The Bertz CT molecular complexity index is 818. The van der Waals surface area contributed by atoms with Crippen molar-refractivity contribution >= 4 is 50.2 Å². The van der Waals surface area contributed by atoms with Crippen molar-refractivity contribution in [2.24, 2.45) is 7.05 Å². The molecule has 0 fully saturated rings. The molecule has 4 nitrogen and oxygen atoms in total. The van der Waals surface area contributed by atoms with Gasteiger partial charge < -0.3 is 4.57 Å². The molecule has 0 aliphatic rings. The van der Waals surface area contributed by atoms with E-state index in [2.05, 4.69) is 54.7 Å². The number of H-pyrrole nitrogens is 1. The number of rotatable bonds is 1. The summed E-state index contributed by atoms with van der Waals surface area (Å²) in [5, 5.41) is 8.17. The average Bonchev–Trinajstić information content (AvgIpc) is 2.62. The van der Waals surface area contributed by atoms with Crippen LogP contribution in [0.25, 0.3) is 22.1 Å². The zero-order chi connectivity index (χ0) is 12.9. The van der Waals surface area contributed by atoms with Gasteiger partial charge in [0.15, 0.2) is 5.65 Å². The fourth-order valence-corrected chi connectivity index (χ4v) is 2.99. The van der Waals surface area contributed by atoms with Gasteiger partial charge in [-0.15, -0.1) is 0 Å². The van der Waals surface area contributed by atoms with Crippen LogP contribution in [0.2, 0.25) is 0 Å². The first-order valence-corrected chi connectivity index (χ1v) is 6.85. The van der Waals surface area contributed by atoms with Gasteiger partial charge in [-0.1, -0.05) is 22.9 Å². The van der Waals surface area contributed by atoms with Crippen molar-refractivity contribution in [1.82, 2.24) is 19.7 Å². The molecule has 6 heteroatoms. The van der Waals surface area contributed by atoms with E-state index in [0.29, 0.717) is 4.77 Å². The molecule has 0 aliphatic carbocycles. The zero-order valence-corrected chi connectivity index (χ0v) is 12.4. The Kier molecular flexibility index (Phi) is 2.71. The third-order valence-electron chi connectivity index (χ3n) is 3.13. The van der Waals surface area contributed by atoms with Crippen LogP contribution in [0.3, 0.4) is 0 Å². The lowest BCUT2D eigenvalue weighted by Gasteiger charge is -2.04. The summed E-state index contributed by atoms with van der Waals surface area (Å²) >= 11 is 8.58. The molecular weight excluding hydrogens is 312 g/mol. The van der Waals surface area contributed by atoms with Gasteiger partial charge in [0.2, 0.25) is 4.77 Å². The average molecular weight is 323 g/mol. The molecule has 0 aliphatic heterocycles. The van der Waals surface area contributed by atoms with Crippen LogP contribution in [-0.2, 0) is 13.5 Å². The summed E-state index contributed by atoms with van der Waals surface area (Å²) in [6, 6.07) is 4.21. The van der Waals surface area contributed by atoms with Crippen LogP contribution < -0.4 is 0 Å². The van der Waals surface area contributed by atoms with Gasteiger partial charge >= 0.3 is 0 Å². The molecule has 3 rings (SSSR count). The summed E-state index contributed by atoms with van der Waals surface area (Å²) in [5.41, 5.74) is 4.12. The Hall–Kier alpha value is -1.27. The van der Waals surface area contributed by atoms with Crippen molar-refractivity contribution in [1.29, 1.82) is 0 Å². The van der Waals surface area contributed by atoms with Crippen LogP contribution in [0.4, 0.5) is 0 Å². The Balaban J connectivity index is 2.63. The summed E-state index contributed by atoms with van der Waals surface area (Å²) in [7, 11) is 2.00. The molecule has 0 saturated heterocycles. The van der Waals surface area contributed by atoms with Gasteiger partial charge in [0.05, 0.1) is 5.52 Å². The third kappa shape index (κ3) is 1.59. The number of nitrogens with one attached hydrogen (secondary N) is 1. The molecule has 0 bridgehead atoms. The summed E-state index contributed by atoms with van der Waals surface area (Å²) in [5.74, 6) is 0. The minimum atomic E-state index is 0.408. The Morgan fingerprint density at radius 2 is 2.22 bits per heavy atom. The monoisotopic (exact) mass is 322 g/mol. The highest BCUT2D eigenvalue weighted by atomic mass is 79.9. The molecule has 1 aromatic carbocycles. The highest BCUT2D eigenvalue weighted by molar-refractivity contribution is 9.10. The van der Waals surface area contributed by atoms with Crippen molar-refractivity contribution in [2.45, 2.75) is 13.3 Å². The lowest BCUT2D eigenvalue weighted by atomic mass is 10.1. The molecule has 0 radical (unpaired) electrons. The van der Waals surface area contributed by atoms with E-state index in [1.165, 1.54) is 11.1 Å². The van der Waals surface area contributed by atoms with Crippen LogP contribution >= 0.6 is 28.1 Å². The Morgan fingerprint density at radius 3 is 2.94 bits per heavy atom. The summed E-state index contributed by atoms with van der Waals surface area (Å²) in [6.07, 6.45) is 0.963.